The SMILES string of the molecule is CC(O)c1ccc(NC(=O)N(CC(F)(F)F)C2CC2)cc1. The number of carbonyl (C=O) groups excluding carboxylic acids is 1. The second-order valence-corrected chi connectivity index (χ2v) is 5.20. The van der Waals surface area contributed by atoms with E-state index in [0.29, 0.717) is 24.1 Å². The highest BCUT2D eigenvalue weighted by molar-refractivity contribution is 5.89. The predicted octanol–water partition coefficient (Wildman–Crippen LogP) is 3.30. The zero-order valence-corrected chi connectivity index (χ0v) is 11.5. The highest BCUT2D eigenvalue weighted by Crippen LogP contribution is 2.30. The summed E-state index contributed by atoms with van der Waals surface area (Å²) < 4.78 is 37.5. The van der Waals surface area contributed by atoms with E-state index in [0.717, 1.165) is 4.90 Å². The lowest BCUT2D eigenvalue weighted by Crippen LogP contribution is -2.42. The van der Waals surface area contributed by atoms with E-state index in [9.17, 15) is 23.1 Å². The van der Waals surface area contributed by atoms with Gasteiger partial charge in [0.25, 0.3) is 0 Å². The first-order valence-corrected chi connectivity index (χ1v) is 6.68. The average molecular weight is 302 g/mol. The Hall–Kier alpha value is -1.76. The third-order valence-electron chi connectivity index (χ3n) is 3.24. The topological polar surface area (TPSA) is 52.6 Å². The molecule has 1 fully saturated rings. The van der Waals surface area contributed by atoms with Crippen LogP contribution >= 0.6 is 0 Å². The van der Waals surface area contributed by atoms with E-state index < -0.39 is 24.9 Å². The molecule has 1 aromatic carbocycles. The molecule has 1 atom stereocenters. The highest BCUT2D eigenvalue weighted by atomic mass is 19.4. The number of urea groups is 1. The largest absolute Gasteiger partial charge is 0.406 e. The molecule has 7 heteroatoms. The first kappa shape index (κ1) is 15.6. The van der Waals surface area contributed by atoms with Crippen LogP contribution in [0, 0.1) is 0 Å². The number of alkyl halides is 3. The molecule has 0 saturated heterocycles. The van der Waals surface area contributed by atoms with Gasteiger partial charge in [0.2, 0.25) is 0 Å². The molecule has 0 aliphatic heterocycles. The van der Waals surface area contributed by atoms with Gasteiger partial charge < -0.3 is 15.3 Å². The summed E-state index contributed by atoms with van der Waals surface area (Å²) in [5.41, 5.74) is 1.07. The second-order valence-electron chi connectivity index (χ2n) is 5.20. The van der Waals surface area contributed by atoms with E-state index in [-0.39, 0.29) is 6.04 Å². The number of halogens is 3. The number of nitrogens with zero attached hydrogens (tertiary/aromatic N) is 1. The maximum atomic E-state index is 12.5. The quantitative estimate of drug-likeness (QED) is 0.896. The number of nitrogens with one attached hydrogen (secondary N) is 1. The first-order valence-electron chi connectivity index (χ1n) is 6.68. The van der Waals surface area contributed by atoms with Crippen LogP contribution in [-0.2, 0) is 0 Å². The van der Waals surface area contributed by atoms with Crippen LogP contribution in [0.25, 0.3) is 0 Å². The number of rotatable bonds is 4. The average Bonchev–Trinajstić information content (AvgIpc) is 3.19. The second kappa shape index (κ2) is 5.93. The molecule has 1 aliphatic rings. The minimum atomic E-state index is -4.41. The molecule has 0 heterocycles. The van der Waals surface area contributed by atoms with Crippen LogP contribution in [0.2, 0.25) is 0 Å². The summed E-state index contributed by atoms with van der Waals surface area (Å²) in [4.78, 5) is 12.8. The van der Waals surface area contributed by atoms with Crippen LogP contribution in [0.15, 0.2) is 24.3 Å². The fourth-order valence-electron chi connectivity index (χ4n) is 1.99. The predicted molar refractivity (Wildman–Crippen MR) is 71.9 cm³/mol. The Labute approximate surface area is 120 Å². The third-order valence-corrected chi connectivity index (χ3v) is 3.24. The van der Waals surface area contributed by atoms with Crippen molar-refractivity contribution in [2.75, 3.05) is 11.9 Å². The van der Waals surface area contributed by atoms with Crippen LogP contribution in [0.4, 0.5) is 23.7 Å². The molecule has 116 valence electrons. The lowest BCUT2D eigenvalue weighted by Gasteiger charge is -2.24. The minimum Gasteiger partial charge on any atom is -0.389 e. The standard InChI is InChI=1S/C14H17F3N2O2/c1-9(20)10-2-4-11(5-3-10)18-13(21)19(12-6-7-12)8-14(15,16)17/h2-5,9,12,20H,6-8H2,1H3,(H,18,21). The Morgan fingerprint density at radius 1 is 1.38 bits per heavy atom. The Morgan fingerprint density at radius 3 is 2.38 bits per heavy atom. The molecule has 1 unspecified atom stereocenters. The van der Waals surface area contributed by atoms with Gasteiger partial charge in [-0.2, -0.15) is 13.2 Å². The van der Waals surface area contributed by atoms with Gasteiger partial charge in [0.15, 0.2) is 0 Å². The van der Waals surface area contributed by atoms with E-state index in [1.165, 1.54) is 0 Å². The van der Waals surface area contributed by atoms with E-state index in [2.05, 4.69) is 5.32 Å². The zero-order valence-electron chi connectivity index (χ0n) is 11.5. The number of aliphatic hydroxyl groups is 1. The van der Waals surface area contributed by atoms with Crippen LogP contribution in [0.1, 0.15) is 31.4 Å². The van der Waals surface area contributed by atoms with Gasteiger partial charge in [-0.3, -0.25) is 0 Å². The lowest BCUT2D eigenvalue weighted by molar-refractivity contribution is -0.140. The summed E-state index contributed by atoms with van der Waals surface area (Å²) in [5, 5.41) is 11.8. The molecule has 0 bridgehead atoms. The summed E-state index contributed by atoms with van der Waals surface area (Å²) in [7, 11) is 0. The molecule has 1 aromatic rings. The van der Waals surface area contributed by atoms with Crippen molar-refractivity contribution >= 4 is 11.7 Å². The number of hydrogen-bond acceptors (Lipinski definition) is 2. The molecule has 1 saturated carbocycles. The number of benzene rings is 1. The van der Waals surface area contributed by atoms with Crippen molar-refractivity contribution in [1.29, 1.82) is 0 Å². The van der Waals surface area contributed by atoms with Crippen molar-refractivity contribution in [1.82, 2.24) is 4.90 Å². The van der Waals surface area contributed by atoms with Crippen molar-refractivity contribution in [3.05, 3.63) is 29.8 Å². The number of anilines is 1. The van der Waals surface area contributed by atoms with Crippen molar-refractivity contribution < 1.29 is 23.1 Å². The summed E-state index contributed by atoms with van der Waals surface area (Å²) in [6, 6.07) is 5.26. The molecular formula is C14H17F3N2O2. The first-order chi connectivity index (χ1) is 9.76. The van der Waals surface area contributed by atoms with Gasteiger partial charge >= 0.3 is 12.2 Å². The molecule has 0 radical (unpaired) electrons. The molecule has 0 aromatic heterocycles. The van der Waals surface area contributed by atoms with Gasteiger partial charge in [-0.15, -0.1) is 0 Å². The Morgan fingerprint density at radius 2 is 1.95 bits per heavy atom. The fraction of sp³-hybridized carbons (Fsp3) is 0.500. The summed E-state index contributed by atoms with van der Waals surface area (Å²) in [6.45, 7) is 0.362. The third kappa shape index (κ3) is 4.63. The number of aliphatic hydroxyl groups excluding tert-OH is 1. The minimum absolute atomic E-state index is 0.330. The maximum absolute atomic E-state index is 12.5. The van der Waals surface area contributed by atoms with Crippen molar-refractivity contribution in [2.45, 2.75) is 38.1 Å². The van der Waals surface area contributed by atoms with Gasteiger partial charge in [0.05, 0.1) is 6.10 Å². The number of carbonyl (C=O) groups is 1. The van der Waals surface area contributed by atoms with Gasteiger partial charge in [0, 0.05) is 11.7 Å². The molecule has 2 amide bonds. The fourth-order valence-corrected chi connectivity index (χ4v) is 1.99. The van der Waals surface area contributed by atoms with Gasteiger partial charge in [0.1, 0.15) is 6.54 Å². The summed E-state index contributed by atoms with van der Waals surface area (Å²) >= 11 is 0. The molecule has 2 rings (SSSR count). The van der Waals surface area contributed by atoms with Crippen molar-refractivity contribution in [3.63, 3.8) is 0 Å². The number of amides is 2. The Kier molecular flexibility index (Phi) is 4.41. The van der Waals surface area contributed by atoms with Crippen LogP contribution < -0.4 is 5.32 Å². The van der Waals surface area contributed by atoms with Crippen LogP contribution in [0.3, 0.4) is 0 Å². The normalized spacial score (nSPS) is 16.4. The molecule has 0 spiro atoms. The molecule has 2 N–H and O–H groups in total. The Bertz CT molecular complexity index is 496. The molecule has 4 nitrogen and oxygen atoms in total. The Balaban J connectivity index is 2.01. The molecule has 21 heavy (non-hydrogen) atoms. The smallest absolute Gasteiger partial charge is 0.389 e. The van der Waals surface area contributed by atoms with Crippen molar-refractivity contribution in [2.24, 2.45) is 0 Å². The summed E-state index contributed by atoms with van der Waals surface area (Å²) in [5.74, 6) is 0. The van der Waals surface area contributed by atoms with Crippen LogP contribution in [-0.4, -0.2) is 34.8 Å². The van der Waals surface area contributed by atoms with E-state index >= 15 is 0 Å². The van der Waals surface area contributed by atoms with E-state index in [4.69, 9.17) is 0 Å². The molecular weight excluding hydrogens is 285 g/mol. The summed E-state index contributed by atoms with van der Waals surface area (Å²) in [6.07, 6.45) is -3.84. The van der Waals surface area contributed by atoms with Gasteiger partial charge in [-0.05, 0) is 37.5 Å². The zero-order chi connectivity index (χ0) is 15.6. The number of hydrogen-bond donors (Lipinski definition) is 2. The van der Waals surface area contributed by atoms with E-state index in [1.54, 1.807) is 31.2 Å². The monoisotopic (exact) mass is 302 g/mol. The lowest BCUT2D eigenvalue weighted by atomic mass is 10.1. The highest BCUT2D eigenvalue weighted by Gasteiger charge is 2.40. The van der Waals surface area contributed by atoms with Crippen LogP contribution in [0.5, 0.6) is 0 Å². The maximum Gasteiger partial charge on any atom is 0.406 e. The van der Waals surface area contributed by atoms with Crippen molar-refractivity contribution in [3.8, 4) is 0 Å². The van der Waals surface area contributed by atoms with E-state index in [1.807, 2.05) is 0 Å². The van der Waals surface area contributed by atoms with Gasteiger partial charge in [-0.25, -0.2) is 4.79 Å². The molecule has 1 aliphatic carbocycles. The van der Waals surface area contributed by atoms with Gasteiger partial charge in [-0.1, -0.05) is 12.1 Å².